The predicted octanol–water partition coefficient (Wildman–Crippen LogP) is 6.27. The van der Waals surface area contributed by atoms with E-state index in [0.29, 0.717) is 16.7 Å². The highest BCUT2D eigenvalue weighted by atomic mass is 79.9. The molecular formula is C19H25BrCl4N2O. The number of hydrogen-bond acceptors (Lipinski definition) is 3. The monoisotopic (exact) mass is 516 g/mol. The molecule has 0 bridgehead atoms. The fourth-order valence-electron chi connectivity index (χ4n) is 2.36. The minimum Gasteiger partial charge on any atom is -0.489 e. The van der Waals surface area contributed by atoms with E-state index in [0.717, 1.165) is 53.9 Å². The number of hydrogen-bond donors (Lipinski definition) is 2. The van der Waals surface area contributed by atoms with E-state index in [1.165, 1.54) is 0 Å². The normalized spacial score (nSPS) is 10.1. The van der Waals surface area contributed by atoms with Crippen molar-refractivity contribution in [2.75, 3.05) is 19.6 Å². The van der Waals surface area contributed by atoms with E-state index in [-0.39, 0.29) is 24.8 Å². The lowest BCUT2D eigenvalue weighted by atomic mass is 10.2. The molecule has 0 heterocycles. The van der Waals surface area contributed by atoms with Gasteiger partial charge < -0.3 is 15.4 Å². The van der Waals surface area contributed by atoms with Crippen LogP contribution >= 0.6 is 63.9 Å². The van der Waals surface area contributed by atoms with Crippen molar-refractivity contribution in [2.45, 2.75) is 26.5 Å². The van der Waals surface area contributed by atoms with Crippen LogP contribution in [0.4, 0.5) is 0 Å². The second-order valence-electron chi connectivity index (χ2n) is 5.66. The van der Waals surface area contributed by atoms with Crippen molar-refractivity contribution >= 4 is 63.9 Å². The second-order valence-corrected chi connectivity index (χ2v) is 7.42. The van der Waals surface area contributed by atoms with Crippen LogP contribution in [0.3, 0.4) is 0 Å². The molecule has 0 amide bonds. The quantitative estimate of drug-likeness (QED) is 0.364. The zero-order chi connectivity index (χ0) is 18.1. The Kier molecular flexibility index (Phi) is 14.6. The molecule has 2 rings (SSSR count). The van der Waals surface area contributed by atoms with Crippen molar-refractivity contribution in [3.05, 3.63) is 62.0 Å². The first-order chi connectivity index (χ1) is 12.1. The van der Waals surface area contributed by atoms with Crippen LogP contribution in [0.2, 0.25) is 10.0 Å². The summed E-state index contributed by atoms with van der Waals surface area (Å²) in [4.78, 5) is 0. The van der Waals surface area contributed by atoms with E-state index in [4.69, 9.17) is 27.9 Å². The minimum atomic E-state index is 0. The molecule has 0 saturated heterocycles. The smallest absolute Gasteiger partial charge is 0.124 e. The van der Waals surface area contributed by atoms with Gasteiger partial charge in [-0.05, 0) is 56.4 Å². The van der Waals surface area contributed by atoms with Crippen LogP contribution in [-0.2, 0) is 13.2 Å². The van der Waals surface area contributed by atoms with Gasteiger partial charge in [0.2, 0.25) is 0 Å². The Morgan fingerprint density at radius 3 is 2.41 bits per heavy atom. The summed E-state index contributed by atoms with van der Waals surface area (Å²) in [6, 6.07) is 11.5. The zero-order valence-corrected chi connectivity index (χ0v) is 19.8. The summed E-state index contributed by atoms with van der Waals surface area (Å²) in [7, 11) is 0. The highest BCUT2D eigenvalue weighted by Crippen LogP contribution is 2.26. The number of rotatable bonds is 10. The summed E-state index contributed by atoms with van der Waals surface area (Å²) < 4.78 is 7.03. The molecule has 0 atom stereocenters. The Morgan fingerprint density at radius 2 is 1.70 bits per heavy atom. The van der Waals surface area contributed by atoms with Gasteiger partial charge in [-0.15, -0.1) is 24.8 Å². The average Bonchev–Trinajstić information content (AvgIpc) is 2.58. The van der Waals surface area contributed by atoms with E-state index in [2.05, 4.69) is 39.6 Å². The van der Waals surface area contributed by atoms with Gasteiger partial charge in [-0.3, -0.25) is 0 Å². The Morgan fingerprint density at radius 1 is 0.963 bits per heavy atom. The fourth-order valence-corrected chi connectivity index (χ4v) is 3.23. The third kappa shape index (κ3) is 9.71. The first kappa shape index (κ1) is 26.8. The van der Waals surface area contributed by atoms with Gasteiger partial charge >= 0.3 is 0 Å². The maximum atomic E-state index is 6.21. The number of nitrogens with one attached hydrogen (secondary N) is 2. The SMILES string of the molecule is CCNCCCNCc1cc(Br)ccc1OCc1ccc(Cl)cc1Cl.Cl.Cl. The molecule has 0 aliphatic heterocycles. The van der Waals surface area contributed by atoms with Crippen molar-refractivity contribution in [2.24, 2.45) is 0 Å². The highest BCUT2D eigenvalue weighted by molar-refractivity contribution is 9.10. The van der Waals surface area contributed by atoms with Gasteiger partial charge in [-0.2, -0.15) is 0 Å². The molecule has 0 fully saturated rings. The van der Waals surface area contributed by atoms with E-state index < -0.39 is 0 Å². The topological polar surface area (TPSA) is 33.3 Å². The average molecular weight is 519 g/mol. The molecule has 0 saturated carbocycles. The predicted molar refractivity (Wildman–Crippen MR) is 124 cm³/mol. The minimum absolute atomic E-state index is 0. The molecule has 27 heavy (non-hydrogen) atoms. The summed E-state index contributed by atoms with van der Waals surface area (Å²) >= 11 is 15.7. The van der Waals surface area contributed by atoms with E-state index in [1.54, 1.807) is 6.07 Å². The second kappa shape index (κ2) is 14.7. The molecule has 0 radical (unpaired) electrons. The lowest BCUT2D eigenvalue weighted by molar-refractivity contribution is 0.302. The molecular weight excluding hydrogens is 494 g/mol. The zero-order valence-electron chi connectivity index (χ0n) is 15.1. The van der Waals surface area contributed by atoms with Crippen LogP contribution in [-0.4, -0.2) is 19.6 Å². The summed E-state index contributed by atoms with van der Waals surface area (Å²) in [6.07, 6.45) is 1.10. The third-order valence-corrected chi connectivity index (χ3v) is 4.77. The van der Waals surface area contributed by atoms with Crippen molar-refractivity contribution in [3.63, 3.8) is 0 Å². The van der Waals surface area contributed by atoms with Gasteiger partial charge in [0.1, 0.15) is 12.4 Å². The molecule has 0 spiro atoms. The van der Waals surface area contributed by atoms with Gasteiger partial charge in [0.25, 0.3) is 0 Å². The van der Waals surface area contributed by atoms with Crippen LogP contribution in [0.15, 0.2) is 40.9 Å². The summed E-state index contributed by atoms with van der Waals surface area (Å²) in [5, 5.41) is 8.03. The van der Waals surface area contributed by atoms with Crippen molar-refractivity contribution in [1.82, 2.24) is 10.6 Å². The highest BCUT2D eigenvalue weighted by Gasteiger charge is 2.07. The van der Waals surface area contributed by atoms with Crippen molar-refractivity contribution in [1.29, 1.82) is 0 Å². The lowest BCUT2D eigenvalue weighted by Crippen LogP contribution is -2.21. The molecule has 8 heteroatoms. The molecule has 152 valence electrons. The third-order valence-electron chi connectivity index (χ3n) is 3.69. The van der Waals surface area contributed by atoms with Gasteiger partial charge in [0, 0.05) is 32.2 Å². The van der Waals surface area contributed by atoms with Gasteiger partial charge in [0.15, 0.2) is 0 Å². The lowest BCUT2D eigenvalue weighted by Gasteiger charge is -2.14. The van der Waals surface area contributed by atoms with Crippen molar-refractivity contribution < 1.29 is 4.74 Å². The molecule has 0 unspecified atom stereocenters. The van der Waals surface area contributed by atoms with Crippen LogP contribution < -0.4 is 15.4 Å². The van der Waals surface area contributed by atoms with Gasteiger partial charge in [-0.1, -0.05) is 52.1 Å². The van der Waals surface area contributed by atoms with Gasteiger partial charge in [-0.25, -0.2) is 0 Å². The van der Waals surface area contributed by atoms with Crippen LogP contribution in [0.1, 0.15) is 24.5 Å². The first-order valence-corrected chi connectivity index (χ1v) is 9.91. The molecule has 3 nitrogen and oxygen atoms in total. The van der Waals surface area contributed by atoms with E-state index in [9.17, 15) is 0 Å². The van der Waals surface area contributed by atoms with Gasteiger partial charge in [0.05, 0.1) is 0 Å². The Balaban J connectivity index is 0.00000338. The molecule has 0 aromatic heterocycles. The number of halogens is 5. The molecule has 0 aliphatic carbocycles. The van der Waals surface area contributed by atoms with Crippen molar-refractivity contribution in [3.8, 4) is 5.75 Å². The maximum Gasteiger partial charge on any atom is 0.124 e. The van der Waals surface area contributed by atoms with Crippen LogP contribution in [0.5, 0.6) is 5.75 Å². The molecule has 2 aromatic carbocycles. The number of benzene rings is 2. The summed E-state index contributed by atoms with van der Waals surface area (Å²) in [5.41, 5.74) is 2.03. The molecule has 2 N–H and O–H groups in total. The largest absolute Gasteiger partial charge is 0.489 e. The molecule has 2 aromatic rings. The first-order valence-electron chi connectivity index (χ1n) is 8.36. The fraction of sp³-hybridized carbons (Fsp3) is 0.368. The Bertz CT molecular complexity index is 689. The van der Waals surface area contributed by atoms with E-state index in [1.807, 2.05) is 24.3 Å². The van der Waals surface area contributed by atoms with E-state index >= 15 is 0 Å². The number of ether oxygens (including phenoxy) is 1. The summed E-state index contributed by atoms with van der Waals surface area (Å²) in [6.45, 7) is 6.28. The summed E-state index contributed by atoms with van der Waals surface area (Å²) in [5.74, 6) is 0.855. The Hall–Kier alpha value is -0.200. The van der Waals surface area contributed by atoms with Crippen LogP contribution in [0, 0.1) is 0 Å². The Labute approximate surface area is 192 Å². The molecule has 0 aliphatic rings. The maximum absolute atomic E-state index is 6.21. The standard InChI is InChI=1S/C19H23BrCl2N2O.2ClH/c1-2-23-8-3-9-24-12-15-10-16(20)5-7-19(15)25-13-14-4-6-17(21)11-18(14)22;;/h4-7,10-11,23-24H,2-3,8-9,12-13H2,1H3;2*1H. The van der Waals surface area contributed by atoms with Crippen LogP contribution in [0.25, 0.3) is 0 Å².